The monoisotopic (exact) mass is 278 g/mol. The molecule has 0 fully saturated rings. The molecule has 0 spiro atoms. The van der Waals surface area contributed by atoms with Gasteiger partial charge in [-0.2, -0.15) is 16.5 Å². The van der Waals surface area contributed by atoms with Crippen molar-refractivity contribution >= 4 is 22.7 Å². The number of thioether (sulfide) groups is 1. The molecule has 0 aliphatic heterocycles. The molecule has 1 heterocycles. The van der Waals surface area contributed by atoms with Crippen LogP contribution in [0.2, 0.25) is 0 Å². The largest absolute Gasteiger partial charge is 0.708 e. The van der Waals surface area contributed by atoms with Crippen molar-refractivity contribution in [2.75, 3.05) is 12.0 Å². The molecule has 0 bridgehead atoms. The molecule has 4 nitrogen and oxygen atoms in total. The van der Waals surface area contributed by atoms with Gasteiger partial charge < -0.3 is 9.94 Å². The van der Waals surface area contributed by atoms with E-state index < -0.39 is 5.60 Å². The Labute approximate surface area is 117 Å². The SMILES string of the molecule is CSCC(C)(C)Oc1nc2ccccc2c(C)[n+]1[O-]. The van der Waals surface area contributed by atoms with Crippen molar-refractivity contribution < 1.29 is 9.47 Å². The second-order valence-electron chi connectivity index (χ2n) is 5.09. The molecule has 0 atom stereocenters. The molecule has 0 radical (unpaired) electrons. The second-order valence-corrected chi connectivity index (χ2v) is 5.95. The fourth-order valence-electron chi connectivity index (χ4n) is 1.97. The predicted molar refractivity (Wildman–Crippen MR) is 78.5 cm³/mol. The Balaban J connectivity index is 2.47. The molecule has 102 valence electrons. The first-order valence-corrected chi connectivity index (χ1v) is 7.51. The molecule has 1 aromatic heterocycles. The number of fused-ring (bicyclic) bond motifs is 1. The third kappa shape index (κ3) is 2.92. The summed E-state index contributed by atoms with van der Waals surface area (Å²) in [4.78, 5) is 4.32. The van der Waals surface area contributed by atoms with Crippen LogP contribution in [0.1, 0.15) is 19.5 Å². The van der Waals surface area contributed by atoms with Crippen LogP contribution in [-0.4, -0.2) is 22.6 Å². The van der Waals surface area contributed by atoms with Crippen LogP contribution in [0.4, 0.5) is 0 Å². The molecule has 19 heavy (non-hydrogen) atoms. The number of para-hydroxylation sites is 1. The number of aryl methyl sites for hydroxylation is 1. The third-order valence-corrected chi connectivity index (χ3v) is 3.83. The van der Waals surface area contributed by atoms with E-state index in [1.54, 1.807) is 18.7 Å². The van der Waals surface area contributed by atoms with E-state index in [1.165, 1.54) is 0 Å². The summed E-state index contributed by atoms with van der Waals surface area (Å²) in [7, 11) is 0. The highest BCUT2D eigenvalue weighted by Crippen LogP contribution is 2.20. The summed E-state index contributed by atoms with van der Waals surface area (Å²) in [5, 5.41) is 13.0. The maximum Gasteiger partial charge on any atom is 0.502 e. The van der Waals surface area contributed by atoms with Crippen LogP contribution in [0.15, 0.2) is 24.3 Å². The first-order valence-electron chi connectivity index (χ1n) is 6.11. The average molecular weight is 278 g/mol. The molecule has 2 rings (SSSR count). The average Bonchev–Trinajstić information content (AvgIpc) is 2.35. The van der Waals surface area contributed by atoms with Crippen molar-refractivity contribution in [3.63, 3.8) is 0 Å². The fraction of sp³-hybridized carbons (Fsp3) is 0.429. The van der Waals surface area contributed by atoms with Gasteiger partial charge in [0.25, 0.3) is 0 Å². The minimum absolute atomic E-state index is 0.121. The maximum absolute atomic E-state index is 12.2. The summed E-state index contributed by atoms with van der Waals surface area (Å²) < 4.78 is 6.55. The van der Waals surface area contributed by atoms with Crippen LogP contribution in [0.5, 0.6) is 6.01 Å². The summed E-state index contributed by atoms with van der Waals surface area (Å²) in [5.41, 5.74) is 0.968. The van der Waals surface area contributed by atoms with Gasteiger partial charge in [-0.3, -0.25) is 0 Å². The Bertz CT molecular complexity index is 599. The fourth-order valence-corrected chi connectivity index (χ4v) is 2.72. The summed E-state index contributed by atoms with van der Waals surface area (Å²) in [5.74, 6) is 0.792. The van der Waals surface area contributed by atoms with Crippen molar-refractivity contribution in [1.29, 1.82) is 0 Å². The van der Waals surface area contributed by atoms with Gasteiger partial charge in [0.15, 0.2) is 5.52 Å². The lowest BCUT2D eigenvalue weighted by molar-refractivity contribution is -0.623. The van der Waals surface area contributed by atoms with Gasteiger partial charge in [0, 0.05) is 5.75 Å². The molecule has 0 amide bonds. The quantitative estimate of drug-likeness (QED) is 0.637. The molecule has 0 saturated heterocycles. The highest BCUT2D eigenvalue weighted by Gasteiger charge is 2.26. The van der Waals surface area contributed by atoms with Crippen LogP contribution in [0.25, 0.3) is 10.9 Å². The van der Waals surface area contributed by atoms with E-state index in [1.807, 2.05) is 44.4 Å². The Morgan fingerprint density at radius 1 is 1.37 bits per heavy atom. The van der Waals surface area contributed by atoms with E-state index in [4.69, 9.17) is 4.74 Å². The lowest BCUT2D eigenvalue weighted by atomic mass is 10.2. The Hall–Kier alpha value is -1.49. The molecular formula is C14H18N2O2S. The molecule has 0 aliphatic carbocycles. The first kappa shape index (κ1) is 13.9. The minimum atomic E-state index is -0.423. The van der Waals surface area contributed by atoms with E-state index >= 15 is 0 Å². The zero-order chi connectivity index (χ0) is 14.0. The van der Waals surface area contributed by atoms with Crippen molar-refractivity contribution in [3.8, 4) is 6.01 Å². The summed E-state index contributed by atoms with van der Waals surface area (Å²) in [6, 6.07) is 7.70. The predicted octanol–water partition coefficient (Wildman–Crippen LogP) is 2.70. The number of aromatic nitrogens is 2. The molecular weight excluding hydrogens is 260 g/mol. The van der Waals surface area contributed by atoms with Gasteiger partial charge in [-0.1, -0.05) is 12.1 Å². The van der Waals surface area contributed by atoms with Gasteiger partial charge in [-0.05, 0) is 44.1 Å². The van der Waals surface area contributed by atoms with E-state index in [9.17, 15) is 5.21 Å². The second kappa shape index (κ2) is 5.25. The van der Waals surface area contributed by atoms with Gasteiger partial charge in [0.1, 0.15) is 11.3 Å². The third-order valence-electron chi connectivity index (χ3n) is 2.85. The highest BCUT2D eigenvalue weighted by atomic mass is 32.2. The van der Waals surface area contributed by atoms with E-state index in [-0.39, 0.29) is 6.01 Å². The number of hydrogen-bond acceptors (Lipinski definition) is 4. The van der Waals surface area contributed by atoms with Crippen molar-refractivity contribution in [2.45, 2.75) is 26.4 Å². The van der Waals surface area contributed by atoms with Crippen LogP contribution in [0.3, 0.4) is 0 Å². The number of rotatable bonds is 4. The van der Waals surface area contributed by atoms with Crippen LogP contribution in [0, 0.1) is 12.1 Å². The molecule has 0 saturated carbocycles. The Morgan fingerprint density at radius 2 is 2.05 bits per heavy atom. The first-order chi connectivity index (χ1) is 8.94. The zero-order valence-electron chi connectivity index (χ0n) is 11.6. The smallest absolute Gasteiger partial charge is 0.502 e. The highest BCUT2D eigenvalue weighted by molar-refractivity contribution is 7.98. The van der Waals surface area contributed by atoms with Crippen molar-refractivity contribution in [2.24, 2.45) is 0 Å². The molecule has 1 aromatic carbocycles. The van der Waals surface area contributed by atoms with E-state index in [0.29, 0.717) is 5.69 Å². The van der Waals surface area contributed by atoms with E-state index in [0.717, 1.165) is 21.4 Å². The normalized spacial score (nSPS) is 11.8. The van der Waals surface area contributed by atoms with Gasteiger partial charge in [-0.15, -0.1) is 0 Å². The van der Waals surface area contributed by atoms with Crippen molar-refractivity contribution in [3.05, 3.63) is 35.2 Å². The standard InChI is InChI=1S/C14H18N2O2S/c1-10-11-7-5-6-8-12(11)15-13(16(10)17)18-14(2,3)9-19-4/h5-8H,9H2,1-4H3. The minimum Gasteiger partial charge on any atom is -0.708 e. The molecule has 0 aliphatic rings. The van der Waals surface area contributed by atoms with Gasteiger partial charge in [0.05, 0.1) is 5.39 Å². The van der Waals surface area contributed by atoms with Crippen LogP contribution < -0.4 is 9.47 Å². The van der Waals surface area contributed by atoms with Crippen molar-refractivity contribution in [1.82, 2.24) is 4.98 Å². The van der Waals surface area contributed by atoms with Gasteiger partial charge in [-0.25, -0.2) is 0 Å². The maximum atomic E-state index is 12.2. The summed E-state index contributed by atoms with van der Waals surface area (Å²) in [6.07, 6.45) is 2.01. The molecule has 0 unspecified atom stereocenters. The summed E-state index contributed by atoms with van der Waals surface area (Å²) in [6.45, 7) is 5.69. The lowest BCUT2D eigenvalue weighted by Gasteiger charge is -2.23. The molecule has 0 N–H and O–H groups in total. The lowest BCUT2D eigenvalue weighted by Crippen LogP contribution is -2.41. The topological polar surface area (TPSA) is 49.1 Å². The molecule has 2 aromatic rings. The molecule has 5 heteroatoms. The van der Waals surface area contributed by atoms with Crippen LogP contribution in [-0.2, 0) is 0 Å². The van der Waals surface area contributed by atoms with Gasteiger partial charge >= 0.3 is 6.01 Å². The van der Waals surface area contributed by atoms with Crippen LogP contribution >= 0.6 is 11.8 Å². The number of benzene rings is 1. The number of hydrogen-bond donors (Lipinski definition) is 0. The van der Waals surface area contributed by atoms with E-state index in [2.05, 4.69) is 4.98 Å². The Morgan fingerprint density at radius 3 is 2.74 bits per heavy atom. The number of ether oxygens (including phenoxy) is 1. The zero-order valence-corrected chi connectivity index (χ0v) is 12.5. The summed E-state index contributed by atoms with van der Waals surface area (Å²) >= 11 is 1.68. The van der Waals surface area contributed by atoms with Gasteiger partial charge in [0.2, 0.25) is 0 Å². The Kier molecular flexibility index (Phi) is 3.85. The number of nitrogens with zero attached hydrogens (tertiary/aromatic N) is 2.